The van der Waals surface area contributed by atoms with Crippen molar-refractivity contribution < 1.29 is 39.2 Å². The number of hydrogen-bond donors (Lipinski definition) is 4. The van der Waals surface area contributed by atoms with Gasteiger partial charge in [0.2, 0.25) is 11.8 Å². The zero-order chi connectivity index (χ0) is 23.0. The Labute approximate surface area is 172 Å². The summed E-state index contributed by atoms with van der Waals surface area (Å²) in [5, 5.41) is 31.6. The van der Waals surface area contributed by atoms with Crippen molar-refractivity contribution in [2.45, 2.75) is 39.1 Å². The van der Waals surface area contributed by atoms with Gasteiger partial charge >= 0.3 is 0 Å². The summed E-state index contributed by atoms with van der Waals surface area (Å²) in [6.07, 6.45) is -3.81. The second-order valence-corrected chi connectivity index (χ2v) is 6.64. The van der Waals surface area contributed by atoms with Crippen LogP contribution in [0.2, 0.25) is 0 Å². The SMILES string of the molecule is CC(=O)N1CCNC1.CC(C)=O.COCC(=O)N(C)CC(O)C(O)C(O)COC. The molecule has 3 atom stereocenters. The van der Waals surface area contributed by atoms with E-state index in [1.165, 1.54) is 40.0 Å². The van der Waals surface area contributed by atoms with Crippen molar-refractivity contribution in [3.8, 4) is 0 Å². The molecule has 0 bridgehead atoms. The van der Waals surface area contributed by atoms with Crippen molar-refractivity contribution >= 4 is 17.6 Å². The molecule has 29 heavy (non-hydrogen) atoms. The Morgan fingerprint density at radius 2 is 1.62 bits per heavy atom. The fourth-order valence-corrected chi connectivity index (χ4v) is 2.03. The first kappa shape index (κ1) is 29.6. The predicted octanol–water partition coefficient (Wildman–Crippen LogP) is -2.19. The highest BCUT2D eigenvalue weighted by Crippen LogP contribution is 2.03. The largest absolute Gasteiger partial charge is 0.388 e. The van der Waals surface area contributed by atoms with Crippen LogP contribution >= 0.6 is 0 Å². The molecule has 0 aliphatic carbocycles. The highest BCUT2D eigenvalue weighted by molar-refractivity contribution is 5.77. The lowest BCUT2D eigenvalue weighted by molar-refractivity contribution is -0.138. The Morgan fingerprint density at radius 1 is 1.07 bits per heavy atom. The standard InChI is InChI=1S/C10H21NO6.C5H10N2O.C3H6O/c1-11(9(14)6-17-3)4-7(12)10(15)8(13)5-16-2;1-5(8)7-3-2-6-4-7;1-3(2)4/h7-8,10,12-13,15H,4-6H2,1-3H3;6H,2-4H2,1H3;1-2H3. The molecule has 1 heterocycles. The van der Waals surface area contributed by atoms with E-state index in [4.69, 9.17) is 0 Å². The van der Waals surface area contributed by atoms with Gasteiger partial charge < -0.3 is 39.4 Å². The van der Waals surface area contributed by atoms with E-state index in [2.05, 4.69) is 14.8 Å². The maximum absolute atomic E-state index is 11.3. The van der Waals surface area contributed by atoms with Crippen molar-refractivity contribution in [3.05, 3.63) is 0 Å². The van der Waals surface area contributed by atoms with E-state index >= 15 is 0 Å². The molecular weight excluding hydrogens is 386 g/mol. The first-order valence-corrected chi connectivity index (χ1v) is 9.17. The van der Waals surface area contributed by atoms with Gasteiger partial charge in [0.25, 0.3) is 0 Å². The van der Waals surface area contributed by atoms with Crippen LogP contribution in [0.5, 0.6) is 0 Å². The zero-order valence-corrected chi connectivity index (χ0v) is 18.3. The predicted molar refractivity (Wildman–Crippen MR) is 106 cm³/mol. The van der Waals surface area contributed by atoms with Crippen molar-refractivity contribution in [1.82, 2.24) is 15.1 Å². The number of carbonyl (C=O) groups is 3. The van der Waals surface area contributed by atoms with Gasteiger partial charge in [0, 0.05) is 47.8 Å². The van der Waals surface area contributed by atoms with Crippen molar-refractivity contribution in [3.63, 3.8) is 0 Å². The summed E-state index contributed by atoms with van der Waals surface area (Å²) in [5.41, 5.74) is 0. The molecule has 0 radical (unpaired) electrons. The normalized spacial score (nSPS) is 15.8. The van der Waals surface area contributed by atoms with Crippen LogP contribution in [0.25, 0.3) is 0 Å². The van der Waals surface area contributed by atoms with Gasteiger partial charge in [0.05, 0.1) is 13.3 Å². The van der Waals surface area contributed by atoms with E-state index in [9.17, 15) is 29.7 Å². The fourth-order valence-electron chi connectivity index (χ4n) is 2.03. The Kier molecular flexibility index (Phi) is 17.6. The van der Waals surface area contributed by atoms with Gasteiger partial charge in [-0.15, -0.1) is 0 Å². The third kappa shape index (κ3) is 15.9. The molecule has 2 amide bonds. The molecule has 0 aromatic rings. The van der Waals surface area contributed by atoms with Gasteiger partial charge in [-0.1, -0.05) is 0 Å². The van der Waals surface area contributed by atoms with Gasteiger partial charge in [-0.25, -0.2) is 0 Å². The number of aliphatic hydroxyl groups is 3. The molecule has 3 unspecified atom stereocenters. The molecule has 11 nitrogen and oxygen atoms in total. The third-order valence-corrected chi connectivity index (χ3v) is 3.59. The number of nitrogens with zero attached hydrogens (tertiary/aromatic N) is 2. The highest BCUT2D eigenvalue weighted by Gasteiger charge is 2.26. The minimum absolute atomic E-state index is 0.0893. The number of likely N-dealkylation sites (N-methyl/N-ethyl adjacent to an activating group) is 1. The third-order valence-electron chi connectivity index (χ3n) is 3.59. The quantitative estimate of drug-likeness (QED) is 0.341. The average Bonchev–Trinajstić information content (AvgIpc) is 3.16. The van der Waals surface area contributed by atoms with Crippen molar-refractivity contribution in [2.75, 3.05) is 60.8 Å². The number of methoxy groups -OCH3 is 2. The minimum Gasteiger partial charge on any atom is -0.388 e. The molecule has 1 saturated heterocycles. The van der Waals surface area contributed by atoms with E-state index in [1.807, 2.05) is 0 Å². The first-order chi connectivity index (χ1) is 13.5. The Hall–Kier alpha value is -1.63. The summed E-state index contributed by atoms with van der Waals surface area (Å²) < 4.78 is 9.29. The minimum atomic E-state index is -1.37. The number of hydrogen-bond acceptors (Lipinski definition) is 9. The van der Waals surface area contributed by atoms with E-state index < -0.39 is 18.3 Å². The summed E-state index contributed by atoms with van der Waals surface area (Å²) in [6.45, 7) is 6.91. The molecule has 1 fully saturated rings. The second-order valence-electron chi connectivity index (χ2n) is 6.64. The van der Waals surface area contributed by atoms with E-state index in [-0.39, 0.29) is 37.4 Å². The molecule has 1 rings (SSSR count). The van der Waals surface area contributed by atoms with Crippen LogP contribution in [0.15, 0.2) is 0 Å². The molecule has 1 aliphatic heterocycles. The summed E-state index contributed by atoms with van der Waals surface area (Å²) in [6, 6.07) is 0. The lowest BCUT2D eigenvalue weighted by Crippen LogP contribution is -2.47. The van der Waals surface area contributed by atoms with Gasteiger partial charge in [-0.2, -0.15) is 0 Å². The molecular formula is C18H37N3O8. The number of nitrogens with one attached hydrogen (secondary N) is 1. The number of ketones is 1. The summed E-state index contributed by atoms with van der Waals surface area (Å²) >= 11 is 0. The Morgan fingerprint density at radius 3 is 1.97 bits per heavy atom. The molecule has 0 aromatic heterocycles. The topological polar surface area (TPSA) is 149 Å². The molecule has 0 aromatic carbocycles. The highest BCUT2D eigenvalue weighted by atomic mass is 16.5. The van der Waals surface area contributed by atoms with Crippen LogP contribution in [-0.4, -0.2) is 122 Å². The van der Waals surface area contributed by atoms with Crippen LogP contribution in [-0.2, 0) is 23.9 Å². The number of carbonyl (C=O) groups excluding carboxylic acids is 3. The fraction of sp³-hybridized carbons (Fsp3) is 0.833. The number of aliphatic hydroxyl groups excluding tert-OH is 3. The van der Waals surface area contributed by atoms with Crippen LogP contribution in [0.3, 0.4) is 0 Å². The molecule has 1 aliphatic rings. The van der Waals surface area contributed by atoms with Crippen LogP contribution in [0.4, 0.5) is 0 Å². The Balaban J connectivity index is 0. The van der Waals surface area contributed by atoms with Crippen LogP contribution in [0.1, 0.15) is 20.8 Å². The smallest absolute Gasteiger partial charge is 0.248 e. The number of amides is 2. The molecule has 172 valence electrons. The summed E-state index contributed by atoms with van der Waals surface area (Å²) in [5.74, 6) is 0.00924. The van der Waals surface area contributed by atoms with Crippen LogP contribution < -0.4 is 5.32 Å². The molecule has 4 N–H and O–H groups in total. The molecule has 0 spiro atoms. The van der Waals surface area contributed by atoms with E-state index in [1.54, 1.807) is 11.8 Å². The number of ether oxygens (including phenoxy) is 2. The maximum atomic E-state index is 11.3. The van der Waals surface area contributed by atoms with E-state index in [0.717, 1.165) is 19.8 Å². The van der Waals surface area contributed by atoms with Crippen molar-refractivity contribution in [2.24, 2.45) is 0 Å². The van der Waals surface area contributed by atoms with Gasteiger partial charge in [-0.3, -0.25) is 14.9 Å². The van der Waals surface area contributed by atoms with Crippen molar-refractivity contribution in [1.29, 1.82) is 0 Å². The molecule has 11 heteroatoms. The number of Topliss-reactive ketones (excluding diaryl/α,β-unsaturated/α-hetero) is 1. The monoisotopic (exact) mass is 423 g/mol. The van der Waals surface area contributed by atoms with E-state index in [0.29, 0.717) is 0 Å². The summed E-state index contributed by atoms with van der Waals surface area (Å²) in [4.78, 5) is 34.3. The second kappa shape index (κ2) is 17.2. The maximum Gasteiger partial charge on any atom is 0.248 e. The zero-order valence-electron chi connectivity index (χ0n) is 18.3. The summed E-state index contributed by atoms with van der Waals surface area (Å²) in [7, 11) is 4.23. The lowest BCUT2D eigenvalue weighted by Gasteiger charge is -2.26. The molecule has 0 saturated carbocycles. The van der Waals surface area contributed by atoms with Gasteiger partial charge in [-0.05, 0) is 13.8 Å². The average molecular weight is 424 g/mol. The van der Waals surface area contributed by atoms with Gasteiger partial charge in [0.1, 0.15) is 30.7 Å². The lowest BCUT2D eigenvalue weighted by atomic mass is 10.1. The van der Waals surface area contributed by atoms with Gasteiger partial charge in [0.15, 0.2) is 0 Å². The number of rotatable bonds is 8. The first-order valence-electron chi connectivity index (χ1n) is 9.17. The Bertz CT molecular complexity index is 468. The van der Waals surface area contributed by atoms with Crippen LogP contribution in [0, 0.1) is 0 Å².